The number of H-pyrrole nitrogens is 1. The summed E-state index contributed by atoms with van der Waals surface area (Å²) < 4.78 is 0. The first-order valence-corrected chi connectivity index (χ1v) is 6.78. The highest BCUT2D eigenvalue weighted by Crippen LogP contribution is 2.35. The van der Waals surface area contributed by atoms with Crippen LogP contribution in [0.25, 0.3) is 10.9 Å². The van der Waals surface area contributed by atoms with Crippen LogP contribution in [0, 0.1) is 0 Å². The van der Waals surface area contributed by atoms with E-state index in [2.05, 4.69) is 10.3 Å². The molecule has 1 aliphatic rings. The van der Waals surface area contributed by atoms with Gasteiger partial charge in [-0.05, 0) is 23.8 Å². The molecule has 20 heavy (non-hydrogen) atoms. The average molecular weight is 283 g/mol. The molecule has 4 heteroatoms. The van der Waals surface area contributed by atoms with E-state index in [-0.39, 0.29) is 11.9 Å². The number of fused-ring (bicyclic) bond motifs is 2. The zero-order chi connectivity index (χ0) is 13.7. The summed E-state index contributed by atoms with van der Waals surface area (Å²) in [5.74, 6) is -0.0195. The summed E-state index contributed by atoms with van der Waals surface area (Å²) in [7, 11) is 0. The van der Waals surface area contributed by atoms with E-state index in [1.54, 1.807) is 0 Å². The molecule has 2 N–H and O–H groups in total. The van der Waals surface area contributed by atoms with Crippen molar-refractivity contribution in [1.29, 1.82) is 0 Å². The lowest BCUT2D eigenvalue weighted by atomic mass is 9.98. The number of rotatable bonds is 1. The van der Waals surface area contributed by atoms with Crippen LogP contribution < -0.4 is 5.32 Å². The fourth-order valence-corrected chi connectivity index (χ4v) is 3.02. The smallest absolute Gasteiger partial charge is 0.252 e. The highest BCUT2D eigenvalue weighted by atomic mass is 35.5. The Labute approximate surface area is 120 Å². The molecule has 0 bridgehead atoms. The van der Waals surface area contributed by atoms with Crippen LogP contribution >= 0.6 is 11.6 Å². The van der Waals surface area contributed by atoms with E-state index in [0.29, 0.717) is 5.02 Å². The van der Waals surface area contributed by atoms with Crippen LogP contribution in [-0.4, -0.2) is 10.9 Å². The van der Waals surface area contributed by atoms with Crippen LogP contribution in [0.5, 0.6) is 0 Å². The number of nitrogens with one attached hydrogen (secondary N) is 2. The Morgan fingerprint density at radius 3 is 2.80 bits per heavy atom. The first-order valence-electron chi connectivity index (χ1n) is 6.40. The lowest BCUT2D eigenvalue weighted by Crippen LogP contribution is -2.19. The van der Waals surface area contributed by atoms with Crippen LogP contribution in [0.3, 0.4) is 0 Å². The number of hydrogen-bond acceptors (Lipinski definition) is 1. The first kappa shape index (κ1) is 11.6. The molecule has 3 aromatic rings. The minimum Gasteiger partial charge on any atom is -0.361 e. The quantitative estimate of drug-likeness (QED) is 0.703. The molecule has 98 valence electrons. The van der Waals surface area contributed by atoms with Crippen LogP contribution in [0.1, 0.15) is 27.5 Å². The molecular formula is C16H11ClN2O. The zero-order valence-corrected chi connectivity index (χ0v) is 11.2. The van der Waals surface area contributed by atoms with Gasteiger partial charge in [0.05, 0.1) is 6.04 Å². The van der Waals surface area contributed by atoms with Crippen molar-refractivity contribution in [3.05, 3.63) is 70.4 Å². The lowest BCUT2D eigenvalue weighted by molar-refractivity contribution is 0.0960. The van der Waals surface area contributed by atoms with E-state index in [9.17, 15) is 4.79 Å². The number of benzene rings is 2. The highest BCUT2D eigenvalue weighted by molar-refractivity contribution is 6.31. The van der Waals surface area contributed by atoms with Crippen molar-refractivity contribution in [3.63, 3.8) is 0 Å². The molecule has 0 unspecified atom stereocenters. The molecule has 1 amide bonds. The molecule has 2 heterocycles. The van der Waals surface area contributed by atoms with E-state index in [1.165, 1.54) is 0 Å². The summed E-state index contributed by atoms with van der Waals surface area (Å²) in [6.45, 7) is 0. The maximum absolute atomic E-state index is 12.0. The number of amides is 1. The van der Waals surface area contributed by atoms with Gasteiger partial charge >= 0.3 is 0 Å². The number of halogens is 1. The fraction of sp³-hybridized carbons (Fsp3) is 0.0625. The van der Waals surface area contributed by atoms with Gasteiger partial charge in [0, 0.05) is 33.2 Å². The second kappa shape index (κ2) is 4.12. The standard InChI is InChI=1S/C16H11ClN2O/c17-9-5-6-10-13(8-18-14(10)7-9)15-11-3-1-2-4-12(11)16(20)19-15/h1-8,15,18H,(H,19,20)/t15-/m1/s1. The molecular weight excluding hydrogens is 272 g/mol. The van der Waals surface area contributed by atoms with Gasteiger partial charge in [-0.1, -0.05) is 35.9 Å². The Balaban J connectivity index is 1.91. The summed E-state index contributed by atoms with van der Waals surface area (Å²) in [5.41, 5.74) is 3.82. The molecule has 0 saturated carbocycles. The second-order valence-electron chi connectivity index (χ2n) is 4.93. The van der Waals surface area contributed by atoms with Gasteiger partial charge in [-0.3, -0.25) is 4.79 Å². The Hall–Kier alpha value is -2.26. The van der Waals surface area contributed by atoms with Gasteiger partial charge in [-0.2, -0.15) is 0 Å². The summed E-state index contributed by atoms with van der Waals surface area (Å²) in [4.78, 5) is 15.2. The van der Waals surface area contributed by atoms with E-state index >= 15 is 0 Å². The number of hydrogen-bond donors (Lipinski definition) is 2. The number of aromatic nitrogens is 1. The van der Waals surface area contributed by atoms with Gasteiger partial charge in [0.25, 0.3) is 5.91 Å². The van der Waals surface area contributed by atoms with Gasteiger partial charge in [0.15, 0.2) is 0 Å². The predicted molar refractivity (Wildman–Crippen MR) is 79.1 cm³/mol. The van der Waals surface area contributed by atoms with E-state index in [0.717, 1.165) is 27.6 Å². The van der Waals surface area contributed by atoms with Crippen LogP contribution in [-0.2, 0) is 0 Å². The average Bonchev–Trinajstić information content (AvgIpc) is 3.00. The Kier molecular flexibility index (Phi) is 2.38. The van der Waals surface area contributed by atoms with Gasteiger partial charge in [0.1, 0.15) is 0 Å². The fourth-order valence-electron chi connectivity index (χ4n) is 2.85. The SMILES string of the molecule is O=C1N[C@@H](c2c[nH]c3cc(Cl)ccc23)c2ccccc21. The highest BCUT2D eigenvalue weighted by Gasteiger charge is 2.30. The van der Waals surface area contributed by atoms with Crippen molar-refractivity contribution in [2.45, 2.75) is 6.04 Å². The molecule has 0 saturated heterocycles. The molecule has 1 aromatic heterocycles. The van der Waals surface area contributed by atoms with E-state index in [1.807, 2.05) is 48.7 Å². The second-order valence-corrected chi connectivity index (χ2v) is 5.36. The van der Waals surface area contributed by atoms with Crippen molar-refractivity contribution in [1.82, 2.24) is 10.3 Å². The van der Waals surface area contributed by atoms with Crippen LogP contribution in [0.4, 0.5) is 0 Å². The molecule has 4 rings (SSSR count). The number of carbonyl (C=O) groups is 1. The maximum atomic E-state index is 12.0. The molecule has 0 spiro atoms. The summed E-state index contributed by atoms with van der Waals surface area (Å²) in [6, 6.07) is 13.3. The topological polar surface area (TPSA) is 44.9 Å². The first-order chi connectivity index (χ1) is 9.74. The summed E-state index contributed by atoms with van der Waals surface area (Å²) >= 11 is 6.00. The predicted octanol–water partition coefficient (Wildman–Crippen LogP) is 3.65. The third kappa shape index (κ3) is 1.57. The monoisotopic (exact) mass is 282 g/mol. The summed E-state index contributed by atoms with van der Waals surface area (Å²) in [6.07, 6.45) is 1.94. The molecule has 3 nitrogen and oxygen atoms in total. The van der Waals surface area contributed by atoms with Gasteiger partial charge in [-0.25, -0.2) is 0 Å². The Morgan fingerprint density at radius 1 is 1.05 bits per heavy atom. The van der Waals surface area contributed by atoms with Gasteiger partial charge in [0.2, 0.25) is 0 Å². The van der Waals surface area contributed by atoms with Crippen molar-refractivity contribution >= 4 is 28.4 Å². The number of carbonyl (C=O) groups excluding carboxylic acids is 1. The molecule has 1 atom stereocenters. The zero-order valence-electron chi connectivity index (χ0n) is 10.5. The molecule has 2 aromatic carbocycles. The van der Waals surface area contributed by atoms with Crippen molar-refractivity contribution in [2.24, 2.45) is 0 Å². The molecule has 0 radical (unpaired) electrons. The molecule has 0 fully saturated rings. The van der Waals surface area contributed by atoms with Crippen molar-refractivity contribution in [2.75, 3.05) is 0 Å². The minimum absolute atomic E-state index is 0.0195. The third-order valence-corrected chi connectivity index (χ3v) is 4.01. The van der Waals surface area contributed by atoms with E-state index in [4.69, 9.17) is 11.6 Å². The third-order valence-electron chi connectivity index (χ3n) is 3.78. The van der Waals surface area contributed by atoms with E-state index < -0.39 is 0 Å². The number of aromatic amines is 1. The van der Waals surface area contributed by atoms with Crippen molar-refractivity contribution < 1.29 is 4.79 Å². The Morgan fingerprint density at radius 2 is 1.90 bits per heavy atom. The largest absolute Gasteiger partial charge is 0.361 e. The summed E-state index contributed by atoms with van der Waals surface area (Å²) in [5, 5.41) is 4.81. The maximum Gasteiger partial charge on any atom is 0.252 e. The minimum atomic E-state index is -0.103. The van der Waals surface area contributed by atoms with Crippen LogP contribution in [0.15, 0.2) is 48.7 Å². The van der Waals surface area contributed by atoms with Gasteiger partial charge in [-0.15, -0.1) is 0 Å². The normalized spacial score (nSPS) is 17.2. The van der Waals surface area contributed by atoms with Gasteiger partial charge < -0.3 is 10.3 Å². The molecule has 1 aliphatic heterocycles. The lowest BCUT2D eigenvalue weighted by Gasteiger charge is -2.10. The van der Waals surface area contributed by atoms with Crippen molar-refractivity contribution in [3.8, 4) is 0 Å². The molecule has 0 aliphatic carbocycles. The van der Waals surface area contributed by atoms with Crippen LogP contribution in [0.2, 0.25) is 5.02 Å². The Bertz CT molecular complexity index is 837.